The van der Waals surface area contributed by atoms with E-state index in [0.717, 1.165) is 25.7 Å². The van der Waals surface area contributed by atoms with Crippen molar-refractivity contribution in [3.8, 4) is 0 Å². The Morgan fingerprint density at radius 1 is 1.50 bits per heavy atom. The van der Waals surface area contributed by atoms with Crippen LogP contribution >= 0.6 is 0 Å². The third-order valence-corrected chi connectivity index (χ3v) is 2.12. The average molecular weight is 142 g/mol. The molecular weight excluding hydrogens is 128 g/mol. The van der Waals surface area contributed by atoms with Crippen LogP contribution in [0, 0.1) is 0 Å². The number of epoxide rings is 1. The predicted octanol–water partition coefficient (Wildman–Crippen LogP) is 1.88. The summed E-state index contributed by atoms with van der Waals surface area (Å²) in [6.45, 7) is 4.12. The van der Waals surface area contributed by atoms with Crippen LogP contribution in [0.5, 0.6) is 0 Å². The minimum Gasteiger partial charge on any atom is -0.444 e. The highest BCUT2D eigenvalue weighted by molar-refractivity contribution is 5.92. The van der Waals surface area contributed by atoms with Crippen molar-refractivity contribution in [2.45, 2.75) is 45.1 Å². The van der Waals surface area contributed by atoms with Crippen molar-refractivity contribution >= 4 is 5.97 Å². The largest absolute Gasteiger partial charge is 0.444 e. The Hall–Kier alpha value is -0.530. The molecule has 0 radical (unpaired) electrons. The van der Waals surface area contributed by atoms with E-state index in [9.17, 15) is 4.79 Å². The fraction of sp³-hybridized carbons (Fsp3) is 0.875. The number of carbonyl (C=O) groups is 1. The van der Waals surface area contributed by atoms with E-state index in [2.05, 4.69) is 6.92 Å². The first-order chi connectivity index (χ1) is 4.75. The molecule has 1 unspecified atom stereocenters. The second-order valence-electron chi connectivity index (χ2n) is 2.84. The smallest absolute Gasteiger partial charge is 0.351 e. The fourth-order valence-electron chi connectivity index (χ4n) is 1.16. The maximum Gasteiger partial charge on any atom is 0.351 e. The van der Waals surface area contributed by atoms with E-state index in [0.29, 0.717) is 0 Å². The van der Waals surface area contributed by atoms with Crippen LogP contribution in [-0.4, -0.2) is 11.6 Å². The molecule has 0 saturated carbocycles. The third kappa shape index (κ3) is 1.15. The van der Waals surface area contributed by atoms with Crippen LogP contribution in [0.2, 0.25) is 0 Å². The molecule has 0 aromatic rings. The van der Waals surface area contributed by atoms with Crippen LogP contribution in [0.3, 0.4) is 0 Å². The van der Waals surface area contributed by atoms with Gasteiger partial charge in [-0.2, -0.15) is 0 Å². The highest BCUT2D eigenvalue weighted by Gasteiger charge is 2.55. The molecule has 1 fully saturated rings. The number of ether oxygens (including phenoxy) is 1. The van der Waals surface area contributed by atoms with Crippen LogP contribution in [0.4, 0.5) is 0 Å². The molecule has 10 heavy (non-hydrogen) atoms. The van der Waals surface area contributed by atoms with E-state index >= 15 is 0 Å². The first-order valence-corrected chi connectivity index (χ1v) is 3.98. The van der Waals surface area contributed by atoms with E-state index < -0.39 is 0 Å². The quantitative estimate of drug-likeness (QED) is 0.561. The molecule has 1 aliphatic rings. The summed E-state index contributed by atoms with van der Waals surface area (Å²) >= 11 is 0. The van der Waals surface area contributed by atoms with Crippen LogP contribution in [0.15, 0.2) is 0 Å². The lowest BCUT2D eigenvalue weighted by Gasteiger charge is -2.01. The zero-order valence-corrected chi connectivity index (χ0v) is 6.64. The predicted molar refractivity (Wildman–Crippen MR) is 38.6 cm³/mol. The van der Waals surface area contributed by atoms with Gasteiger partial charge in [0.2, 0.25) is 5.60 Å². The van der Waals surface area contributed by atoms with Gasteiger partial charge in [0.05, 0.1) is 0 Å². The zero-order chi connectivity index (χ0) is 7.61. The molecule has 0 amide bonds. The normalized spacial score (nSPS) is 30.0. The van der Waals surface area contributed by atoms with Crippen molar-refractivity contribution in [3.05, 3.63) is 0 Å². The summed E-state index contributed by atoms with van der Waals surface area (Å²) in [6.07, 6.45) is 3.99. The van der Waals surface area contributed by atoms with Crippen LogP contribution in [0.1, 0.15) is 39.5 Å². The molecule has 1 rings (SSSR count). The topological polar surface area (TPSA) is 29.6 Å². The van der Waals surface area contributed by atoms with E-state index in [1.807, 2.05) is 6.92 Å². The molecule has 2 nitrogen and oxygen atoms in total. The van der Waals surface area contributed by atoms with Gasteiger partial charge in [-0.05, 0) is 19.3 Å². The SMILES string of the molecule is CCCCC1(CC)OC1=O. The molecule has 1 saturated heterocycles. The van der Waals surface area contributed by atoms with Crippen molar-refractivity contribution < 1.29 is 9.53 Å². The summed E-state index contributed by atoms with van der Waals surface area (Å²) in [5.74, 6) is 0.00319. The highest BCUT2D eigenvalue weighted by Crippen LogP contribution is 2.37. The van der Waals surface area contributed by atoms with Gasteiger partial charge in [-0.25, -0.2) is 4.79 Å². The minimum absolute atomic E-state index is 0.00319. The first kappa shape index (κ1) is 7.58. The van der Waals surface area contributed by atoms with Gasteiger partial charge in [-0.15, -0.1) is 0 Å². The lowest BCUT2D eigenvalue weighted by Crippen LogP contribution is -2.10. The molecular formula is C8H14O2. The molecule has 0 bridgehead atoms. The Kier molecular flexibility index (Phi) is 1.97. The second kappa shape index (κ2) is 2.60. The number of rotatable bonds is 4. The minimum atomic E-state index is -0.337. The molecule has 0 aliphatic carbocycles. The number of hydrogen-bond acceptors (Lipinski definition) is 2. The standard InChI is InChI=1S/C8H14O2/c1-3-5-6-8(4-2)7(9)10-8/h3-6H2,1-2H3. The molecule has 2 heteroatoms. The number of hydrogen-bond donors (Lipinski definition) is 0. The molecule has 0 N–H and O–H groups in total. The van der Waals surface area contributed by atoms with Crippen molar-refractivity contribution in [2.24, 2.45) is 0 Å². The summed E-state index contributed by atoms with van der Waals surface area (Å²) in [4.78, 5) is 10.7. The summed E-state index contributed by atoms with van der Waals surface area (Å²) in [7, 11) is 0. The van der Waals surface area contributed by atoms with Crippen LogP contribution in [0.25, 0.3) is 0 Å². The Morgan fingerprint density at radius 3 is 2.40 bits per heavy atom. The van der Waals surface area contributed by atoms with E-state index in [1.165, 1.54) is 0 Å². The highest BCUT2D eigenvalue weighted by atomic mass is 16.7. The van der Waals surface area contributed by atoms with E-state index in [-0.39, 0.29) is 11.6 Å². The maximum atomic E-state index is 10.7. The Bertz CT molecular complexity index is 142. The Labute approximate surface area is 61.6 Å². The van der Waals surface area contributed by atoms with Gasteiger partial charge in [-0.3, -0.25) is 0 Å². The molecule has 0 spiro atoms. The van der Waals surface area contributed by atoms with Gasteiger partial charge in [-0.1, -0.05) is 20.3 Å². The number of unbranched alkanes of at least 4 members (excludes halogenated alkanes) is 1. The third-order valence-electron chi connectivity index (χ3n) is 2.12. The average Bonchev–Trinajstić information content (AvgIpc) is 2.59. The lowest BCUT2D eigenvalue weighted by atomic mass is 10.0. The first-order valence-electron chi connectivity index (χ1n) is 3.98. The molecule has 0 aromatic carbocycles. The summed E-state index contributed by atoms with van der Waals surface area (Å²) in [5.41, 5.74) is -0.337. The van der Waals surface area contributed by atoms with E-state index in [1.54, 1.807) is 0 Å². The monoisotopic (exact) mass is 142 g/mol. The Balaban J connectivity index is 2.30. The van der Waals surface area contributed by atoms with Crippen LogP contribution < -0.4 is 0 Å². The van der Waals surface area contributed by atoms with Crippen molar-refractivity contribution in [1.29, 1.82) is 0 Å². The fourth-order valence-corrected chi connectivity index (χ4v) is 1.16. The van der Waals surface area contributed by atoms with Gasteiger partial charge in [0.25, 0.3) is 0 Å². The summed E-state index contributed by atoms with van der Waals surface area (Å²) < 4.78 is 4.92. The molecule has 1 aliphatic heterocycles. The van der Waals surface area contributed by atoms with Crippen molar-refractivity contribution in [2.75, 3.05) is 0 Å². The molecule has 58 valence electrons. The van der Waals surface area contributed by atoms with Crippen molar-refractivity contribution in [3.63, 3.8) is 0 Å². The maximum absolute atomic E-state index is 10.7. The number of cyclic esters (lactones) is 1. The summed E-state index contributed by atoms with van der Waals surface area (Å²) in [6, 6.07) is 0. The van der Waals surface area contributed by atoms with Crippen LogP contribution in [-0.2, 0) is 9.53 Å². The van der Waals surface area contributed by atoms with E-state index in [4.69, 9.17) is 4.74 Å². The van der Waals surface area contributed by atoms with Gasteiger partial charge in [0.15, 0.2) is 0 Å². The summed E-state index contributed by atoms with van der Waals surface area (Å²) in [5, 5.41) is 0. The number of carbonyl (C=O) groups excluding carboxylic acids is 1. The second-order valence-corrected chi connectivity index (χ2v) is 2.84. The zero-order valence-electron chi connectivity index (χ0n) is 6.64. The van der Waals surface area contributed by atoms with Gasteiger partial charge >= 0.3 is 5.97 Å². The van der Waals surface area contributed by atoms with Gasteiger partial charge in [0, 0.05) is 0 Å². The molecule has 1 heterocycles. The van der Waals surface area contributed by atoms with Gasteiger partial charge in [0.1, 0.15) is 0 Å². The molecule has 1 atom stereocenters. The Morgan fingerprint density at radius 2 is 2.10 bits per heavy atom. The van der Waals surface area contributed by atoms with Gasteiger partial charge < -0.3 is 4.74 Å². The van der Waals surface area contributed by atoms with Crippen molar-refractivity contribution in [1.82, 2.24) is 0 Å². The molecule has 0 aromatic heterocycles. The lowest BCUT2D eigenvalue weighted by molar-refractivity contribution is -0.117.